The van der Waals surface area contributed by atoms with E-state index in [1.54, 1.807) is 0 Å². The van der Waals surface area contributed by atoms with Gasteiger partial charge in [-0.3, -0.25) is 4.79 Å². The van der Waals surface area contributed by atoms with Crippen molar-refractivity contribution in [1.82, 2.24) is 0 Å². The van der Waals surface area contributed by atoms with Crippen molar-refractivity contribution in [3.05, 3.63) is 0 Å². The molecule has 8 heavy (non-hydrogen) atoms. The fourth-order valence-electron chi connectivity index (χ4n) is 0. The van der Waals surface area contributed by atoms with Gasteiger partial charge in [-0.05, 0) is 0 Å². The number of carboxylic acid groups (broad SMARTS) is 1. The molecule has 0 spiro atoms. The van der Waals surface area contributed by atoms with Crippen molar-refractivity contribution in [3.63, 3.8) is 0 Å². The molecule has 0 aromatic carbocycles. The summed E-state index contributed by atoms with van der Waals surface area (Å²) in [5.74, 6) is -0.968. The predicted molar refractivity (Wildman–Crippen MR) is 25.9 cm³/mol. The molecule has 0 amide bonds. The van der Waals surface area contributed by atoms with E-state index in [0.717, 1.165) is 0 Å². The smallest absolute Gasteiger partial charge is 0.870 e. The van der Waals surface area contributed by atoms with Crippen molar-refractivity contribution in [3.8, 4) is 0 Å². The Morgan fingerprint density at radius 2 is 1.75 bits per heavy atom. The number of carbonyl (C=O) groups is 1. The van der Waals surface area contributed by atoms with Gasteiger partial charge in [-0.15, -0.1) is 12.4 Å². The van der Waals surface area contributed by atoms with Crippen LogP contribution < -0.4 is 35.3 Å². The van der Waals surface area contributed by atoms with Crippen molar-refractivity contribution in [2.24, 2.45) is 5.73 Å². The SMILES string of the molecule is Cl.NCC(=O)O.[Na+].[OH-]. The number of halogens is 1. The molecule has 0 bridgehead atoms. The summed E-state index contributed by atoms with van der Waals surface area (Å²) in [7, 11) is 0. The van der Waals surface area contributed by atoms with Crippen LogP contribution in [0.5, 0.6) is 0 Å². The zero-order chi connectivity index (χ0) is 4.28. The first kappa shape index (κ1) is 23.4. The Kier molecular flexibility index (Phi) is 45.7. The summed E-state index contributed by atoms with van der Waals surface area (Å²) < 4.78 is 0. The number of hydrogen-bond donors (Lipinski definition) is 2. The van der Waals surface area contributed by atoms with Crippen molar-refractivity contribution in [2.45, 2.75) is 0 Å². The Bertz CT molecular complexity index is 52.5. The molecule has 4 N–H and O–H groups in total. The van der Waals surface area contributed by atoms with Gasteiger partial charge in [0.2, 0.25) is 0 Å². The zero-order valence-corrected chi connectivity index (χ0v) is 7.31. The van der Waals surface area contributed by atoms with E-state index in [9.17, 15) is 4.79 Å². The van der Waals surface area contributed by atoms with Crippen molar-refractivity contribution >= 4 is 18.4 Å². The van der Waals surface area contributed by atoms with E-state index in [4.69, 9.17) is 5.11 Å². The van der Waals surface area contributed by atoms with Gasteiger partial charge in [-0.2, -0.15) is 0 Å². The molecule has 0 aromatic rings. The van der Waals surface area contributed by atoms with Crippen LogP contribution >= 0.6 is 12.4 Å². The Labute approximate surface area is 75.4 Å². The van der Waals surface area contributed by atoms with Crippen LogP contribution in [-0.4, -0.2) is 23.1 Å². The maximum absolute atomic E-state index is 9.24. The van der Waals surface area contributed by atoms with Crippen LogP contribution in [0.4, 0.5) is 0 Å². The van der Waals surface area contributed by atoms with Gasteiger partial charge < -0.3 is 16.3 Å². The summed E-state index contributed by atoms with van der Waals surface area (Å²) in [5, 5.41) is 7.60. The van der Waals surface area contributed by atoms with Gasteiger partial charge in [0.05, 0.1) is 6.54 Å². The minimum absolute atomic E-state index is 0. The summed E-state index contributed by atoms with van der Waals surface area (Å²) in [6.07, 6.45) is 0. The second kappa shape index (κ2) is 15.6. The molecule has 0 saturated heterocycles. The molecule has 0 radical (unpaired) electrons. The van der Waals surface area contributed by atoms with Gasteiger partial charge in [-0.1, -0.05) is 0 Å². The molecule has 0 atom stereocenters. The zero-order valence-electron chi connectivity index (χ0n) is 4.50. The Balaban J connectivity index is -0.0000000267. The third-order valence-corrected chi connectivity index (χ3v) is 0.175. The molecule has 0 aromatic heterocycles. The molecule has 0 aliphatic rings. The maximum atomic E-state index is 9.24. The molecular weight excluding hydrogens is 144 g/mol. The molecule has 0 heterocycles. The van der Waals surface area contributed by atoms with Gasteiger partial charge >= 0.3 is 35.5 Å². The summed E-state index contributed by atoms with van der Waals surface area (Å²) in [6.45, 7) is -0.278. The molecule has 0 aliphatic carbocycles. The summed E-state index contributed by atoms with van der Waals surface area (Å²) >= 11 is 0. The van der Waals surface area contributed by atoms with Gasteiger partial charge in [0.25, 0.3) is 0 Å². The Morgan fingerprint density at radius 3 is 1.75 bits per heavy atom. The van der Waals surface area contributed by atoms with Crippen molar-refractivity contribution in [2.75, 3.05) is 6.54 Å². The summed E-state index contributed by atoms with van der Waals surface area (Å²) in [5.41, 5.74) is 4.57. The Morgan fingerprint density at radius 1 is 1.62 bits per heavy atom. The van der Waals surface area contributed by atoms with Crippen LogP contribution in [-0.2, 0) is 4.79 Å². The second-order valence-electron chi connectivity index (χ2n) is 0.598. The van der Waals surface area contributed by atoms with Crippen LogP contribution in [0.15, 0.2) is 0 Å². The molecule has 0 rings (SSSR count). The quantitative estimate of drug-likeness (QED) is 0.377. The first-order valence-electron chi connectivity index (χ1n) is 1.19. The van der Waals surface area contributed by atoms with Gasteiger partial charge in [0.15, 0.2) is 0 Å². The van der Waals surface area contributed by atoms with E-state index in [1.165, 1.54) is 0 Å². The van der Waals surface area contributed by atoms with E-state index >= 15 is 0 Å². The minimum Gasteiger partial charge on any atom is -0.870 e. The van der Waals surface area contributed by atoms with E-state index in [0.29, 0.717) is 0 Å². The topological polar surface area (TPSA) is 93.3 Å². The largest absolute Gasteiger partial charge is 1.00 e. The van der Waals surface area contributed by atoms with Crippen LogP contribution in [0.25, 0.3) is 0 Å². The maximum Gasteiger partial charge on any atom is 1.00 e. The van der Waals surface area contributed by atoms with Crippen LogP contribution in [0.1, 0.15) is 0 Å². The average molecular weight is 152 g/mol. The number of rotatable bonds is 1. The average Bonchev–Trinajstić information content (AvgIpc) is 1.38. The molecule has 46 valence electrons. The molecular formula is C2H7ClNNaO3. The second-order valence-corrected chi connectivity index (χ2v) is 0.598. The fraction of sp³-hybridized carbons (Fsp3) is 0.500. The first-order chi connectivity index (χ1) is 2.27. The number of nitrogens with two attached hydrogens (primary N) is 1. The molecule has 6 heteroatoms. The van der Waals surface area contributed by atoms with E-state index < -0.39 is 5.97 Å². The number of aliphatic carboxylic acids is 1. The number of carboxylic acids is 1. The standard InChI is InChI=1S/C2H5NO2.ClH.Na.H2O/c3-1-2(4)5;;;/h1,3H2,(H,4,5);1H;;1H2/q;;+1;/p-1. The van der Waals surface area contributed by atoms with Gasteiger partial charge in [-0.25, -0.2) is 0 Å². The summed E-state index contributed by atoms with van der Waals surface area (Å²) in [4.78, 5) is 9.24. The van der Waals surface area contributed by atoms with Crippen LogP contribution in [0.2, 0.25) is 0 Å². The number of hydrogen-bond acceptors (Lipinski definition) is 3. The van der Waals surface area contributed by atoms with Crippen molar-refractivity contribution < 1.29 is 44.9 Å². The van der Waals surface area contributed by atoms with Crippen LogP contribution in [0, 0.1) is 0 Å². The fourth-order valence-corrected chi connectivity index (χ4v) is 0. The van der Waals surface area contributed by atoms with E-state index in [2.05, 4.69) is 5.73 Å². The summed E-state index contributed by atoms with van der Waals surface area (Å²) in [6, 6.07) is 0. The van der Waals surface area contributed by atoms with E-state index in [1.807, 2.05) is 0 Å². The minimum atomic E-state index is -0.968. The van der Waals surface area contributed by atoms with Gasteiger partial charge in [0, 0.05) is 0 Å². The predicted octanol–water partition coefficient (Wildman–Crippen LogP) is -3.72. The monoisotopic (exact) mass is 151 g/mol. The Hall–Kier alpha value is 0.680. The first-order valence-corrected chi connectivity index (χ1v) is 1.19. The molecule has 0 aliphatic heterocycles. The molecule has 0 saturated carbocycles. The van der Waals surface area contributed by atoms with Crippen LogP contribution in [0.3, 0.4) is 0 Å². The van der Waals surface area contributed by atoms with Gasteiger partial charge in [0.1, 0.15) is 0 Å². The normalized spacial score (nSPS) is 4.62. The van der Waals surface area contributed by atoms with Crippen molar-refractivity contribution in [1.29, 1.82) is 0 Å². The third kappa shape index (κ3) is 30.0. The van der Waals surface area contributed by atoms with E-state index in [-0.39, 0.29) is 54.0 Å². The third-order valence-electron chi connectivity index (χ3n) is 0.175. The molecule has 0 unspecified atom stereocenters. The molecule has 4 nitrogen and oxygen atoms in total. The molecule has 0 fully saturated rings.